The van der Waals surface area contributed by atoms with Crippen molar-refractivity contribution in [2.75, 3.05) is 19.5 Å². The Hall–Kier alpha value is -2.04. The maximum atomic E-state index is 13.6. The SMILES string of the molecule is CNc1c(-c2ccc(OC)c(F)c2)n[nH]c1C. The van der Waals surface area contributed by atoms with E-state index in [9.17, 15) is 4.39 Å². The Kier molecular flexibility index (Phi) is 2.99. The van der Waals surface area contributed by atoms with Crippen molar-refractivity contribution in [3.63, 3.8) is 0 Å². The molecule has 0 saturated heterocycles. The first-order valence-electron chi connectivity index (χ1n) is 5.24. The predicted octanol–water partition coefficient (Wildman–Crippen LogP) is 2.57. The molecule has 1 aromatic carbocycles. The molecule has 4 nitrogen and oxygen atoms in total. The Morgan fingerprint density at radius 2 is 2.18 bits per heavy atom. The van der Waals surface area contributed by atoms with Gasteiger partial charge in [0, 0.05) is 12.6 Å². The van der Waals surface area contributed by atoms with Crippen molar-refractivity contribution >= 4 is 5.69 Å². The lowest BCUT2D eigenvalue weighted by molar-refractivity contribution is 0.386. The molecule has 0 amide bonds. The second kappa shape index (κ2) is 4.45. The van der Waals surface area contributed by atoms with Crippen LogP contribution in [0.25, 0.3) is 11.3 Å². The lowest BCUT2D eigenvalue weighted by Gasteiger charge is -2.05. The molecule has 2 aromatic rings. The molecule has 1 heterocycles. The first-order valence-corrected chi connectivity index (χ1v) is 5.24. The first kappa shape index (κ1) is 11.4. The molecule has 17 heavy (non-hydrogen) atoms. The number of ether oxygens (including phenoxy) is 1. The minimum absolute atomic E-state index is 0.229. The predicted molar refractivity (Wildman–Crippen MR) is 64.8 cm³/mol. The molecule has 0 aliphatic rings. The van der Waals surface area contributed by atoms with Gasteiger partial charge in [0.2, 0.25) is 0 Å². The highest BCUT2D eigenvalue weighted by Crippen LogP contribution is 2.30. The molecular formula is C12H14FN3O. The molecule has 0 spiro atoms. The summed E-state index contributed by atoms with van der Waals surface area (Å²) in [6.07, 6.45) is 0. The summed E-state index contributed by atoms with van der Waals surface area (Å²) in [6.45, 7) is 1.90. The van der Waals surface area contributed by atoms with Crippen LogP contribution in [-0.4, -0.2) is 24.4 Å². The van der Waals surface area contributed by atoms with Crippen LogP contribution in [0.4, 0.5) is 10.1 Å². The van der Waals surface area contributed by atoms with Crippen LogP contribution in [-0.2, 0) is 0 Å². The van der Waals surface area contributed by atoms with E-state index in [0.29, 0.717) is 11.3 Å². The fourth-order valence-corrected chi connectivity index (χ4v) is 1.76. The molecule has 90 valence electrons. The van der Waals surface area contributed by atoms with Gasteiger partial charge in [0.15, 0.2) is 11.6 Å². The van der Waals surface area contributed by atoms with Gasteiger partial charge in [-0.2, -0.15) is 5.10 Å². The number of benzene rings is 1. The van der Waals surface area contributed by atoms with Gasteiger partial charge in [0.25, 0.3) is 0 Å². The number of nitrogens with zero attached hydrogens (tertiary/aromatic N) is 1. The Labute approximate surface area is 98.8 Å². The molecule has 2 N–H and O–H groups in total. The quantitative estimate of drug-likeness (QED) is 0.859. The van der Waals surface area contributed by atoms with Crippen molar-refractivity contribution < 1.29 is 9.13 Å². The molecule has 0 radical (unpaired) electrons. The standard InChI is InChI=1S/C12H14FN3O/c1-7-11(14-2)12(16-15-7)8-4-5-10(17-3)9(13)6-8/h4-6,14H,1-3H3,(H,15,16). The maximum Gasteiger partial charge on any atom is 0.165 e. The zero-order valence-electron chi connectivity index (χ0n) is 9.97. The second-order valence-electron chi connectivity index (χ2n) is 3.67. The molecule has 0 saturated carbocycles. The molecule has 0 bridgehead atoms. The van der Waals surface area contributed by atoms with Gasteiger partial charge >= 0.3 is 0 Å². The van der Waals surface area contributed by atoms with Gasteiger partial charge in [-0.3, -0.25) is 5.10 Å². The minimum Gasteiger partial charge on any atom is -0.494 e. The fourth-order valence-electron chi connectivity index (χ4n) is 1.76. The largest absolute Gasteiger partial charge is 0.494 e. The highest BCUT2D eigenvalue weighted by molar-refractivity contribution is 5.76. The number of aromatic nitrogens is 2. The fraction of sp³-hybridized carbons (Fsp3) is 0.250. The van der Waals surface area contributed by atoms with Crippen molar-refractivity contribution in [1.29, 1.82) is 0 Å². The molecule has 0 unspecified atom stereocenters. The Bertz CT molecular complexity index is 537. The van der Waals surface area contributed by atoms with Crippen LogP contribution in [0.2, 0.25) is 0 Å². The number of H-pyrrole nitrogens is 1. The summed E-state index contributed by atoms with van der Waals surface area (Å²) >= 11 is 0. The molecule has 2 rings (SSSR count). The monoisotopic (exact) mass is 235 g/mol. The number of anilines is 1. The zero-order chi connectivity index (χ0) is 12.4. The Morgan fingerprint density at radius 3 is 2.76 bits per heavy atom. The summed E-state index contributed by atoms with van der Waals surface area (Å²) in [5.41, 5.74) is 3.19. The van der Waals surface area contributed by atoms with E-state index in [0.717, 1.165) is 11.4 Å². The van der Waals surface area contributed by atoms with Gasteiger partial charge in [-0.05, 0) is 25.1 Å². The van der Waals surface area contributed by atoms with Gasteiger partial charge in [0.05, 0.1) is 18.5 Å². The van der Waals surface area contributed by atoms with Gasteiger partial charge < -0.3 is 10.1 Å². The van der Waals surface area contributed by atoms with Crippen molar-refractivity contribution in [3.05, 3.63) is 29.7 Å². The number of rotatable bonds is 3. The summed E-state index contributed by atoms with van der Waals surface area (Å²) < 4.78 is 18.5. The third kappa shape index (κ3) is 1.95. The Morgan fingerprint density at radius 1 is 1.41 bits per heavy atom. The molecule has 1 aromatic heterocycles. The van der Waals surface area contributed by atoms with Crippen LogP contribution in [0.5, 0.6) is 5.75 Å². The number of halogens is 1. The van der Waals surface area contributed by atoms with Crippen LogP contribution in [0.15, 0.2) is 18.2 Å². The molecular weight excluding hydrogens is 221 g/mol. The number of methoxy groups -OCH3 is 1. The lowest BCUT2D eigenvalue weighted by atomic mass is 10.1. The normalized spacial score (nSPS) is 10.4. The van der Waals surface area contributed by atoms with Crippen LogP contribution in [0.3, 0.4) is 0 Å². The number of aryl methyl sites for hydroxylation is 1. The molecule has 5 heteroatoms. The van der Waals surface area contributed by atoms with E-state index in [2.05, 4.69) is 15.5 Å². The third-order valence-corrected chi connectivity index (χ3v) is 2.62. The van der Waals surface area contributed by atoms with Crippen LogP contribution < -0.4 is 10.1 Å². The number of nitrogens with one attached hydrogen (secondary N) is 2. The highest BCUT2D eigenvalue weighted by Gasteiger charge is 2.13. The molecule has 0 atom stereocenters. The Balaban J connectivity index is 2.49. The van der Waals surface area contributed by atoms with Crippen LogP contribution in [0.1, 0.15) is 5.69 Å². The van der Waals surface area contributed by atoms with Gasteiger partial charge in [0.1, 0.15) is 5.69 Å². The van der Waals surface area contributed by atoms with Crippen LogP contribution in [0, 0.1) is 12.7 Å². The van der Waals surface area contributed by atoms with Crippen molar-refractivity contribution in [1.82, 2.24) is 10.2 Å². The van der Waals surface area contributed by atoms with Crippen molar-refractivity contribution in [3.8, 4) is 17.0 Å². The molecule has 0 aliphatic carbocycles. The van der Waals surface area contributed by atoms with E-state index in [-0.39, 0.29) is 5.75 Å². The van der Waals surface area contributed by atoms with E-state index in [1.165, 1.54) is 13.2 Å². The van der Waals surface area contributed by atoms with E-state index in [1.807, 2.05) is 6.92 Å². The van der Waals surface area contributed by atoms with E-state index < -0.39 is 5.82 Å². The first-order chi connectivity index (χ1) is 8.17. The minimum atomic E-state index is -0.396. The topological polar surface area (TPSA) is 49.9 Å². The summed E-state index contributed by atoms with van der Waals surface area (Å²) in [6, 6.07) is 4.78. The highest BCUT2D eigenvalue weighted by atomic mass is 19.1. The van der Waals surface area contributed by atoms with Gasteiger partial charge in [-0.25, -0.2) is 4.39 Å². The summed E-state index contributed by atoms with van der Waals surface area (Å²) in [4.78, 5) is 0. The number of hydrogen-bond donors (Lipinski definition) is 2. The van der Waals surface area contributed by atoms with E-state index in [1.54, 1.807) is 19.2 Å². The average molecular weight is 235 g/mol. The van der Waals surface area contributed by atoms with E-state index >= 15 is 0 Å². The summed E-state index contributed by atoms with van der Waals surface area (Å²) in [7, 11) is 3.25. The lowest BCUT2D eigenvalue weighted by Crippen LogP contribution is -1.93. The van der Waals surface area contributed by atoms with Crippen molar-refractivity contribution in [2.24, 2.45) is 0 Å². The number of aromatic amines is 1. The zero-order valence-corrected chi connectivity index (χ0v) is 9.97. The summed E-state index contributed by atoms with van der Waals surface area (Å²) in [5, 5.41) is 10.1. The van der Waals surface area contributed by atoms with E-state index in [4.69, 9.17) is 4.74 Å². The number of hydrogen-bond acceptors (Lipinski definition) is 3. The second-order valence-corrected chi connectivity index (χ2v) is 3.67. The summed E-state index contributed by atoms with van der Waals surface area (Å²) in [5.74, 6) is -0.167. The maximum absolute atomic E-state index is 13.6. The molecule has 0 aliphatic heterocycles. The third-order valence-electron chi connectivity index (χ3n) is 2.62. The van der Waals surface area contributed by atoms with Gasteiger partial charge in [-0.1, -0.05) is 0 Å². The molecule has 0 fully saturated rings. The van der Waals surface area contributed by atoms with Crippen LogP contribution >= 0.6 is 0 Å². The smallest absolute Gasteiger partial charge is 0.165 e. The average Bonchev–Trinajstić information content (AvgIpc) is 2.70. The van der Waals surface area contributed by atoms with Crippen molar-refractivity contribution in [2.45, 2.75) is 6.92 Å². The van der Waals surface area contributed by atoms with Gasteiger partial charge in [-0.15, -0.1) is 0 Å².